The number of nitriles is 1. The Morgan fingerprint density at radius 3 is 2.53 bits per heavy atom. The molecule has 1 unspecified atom stereocenters. The average molecular weight is 227 g/mol. The molecule has 0 spiro atoms. The van der Waals surface area contributed by atoms with Crippen LogP contribution in [0.1, 0.15) is 38.2 Å². The van der Waals surface area contributed by atoms with Crippen molar-refractivity contribution in [3.8, 4) is 6.07 Å². The topological polar surface area (TPSA) is 39.9 Å². The molecule has 0 aromatic carbocycles. The number of piperidine rings is 1. The van der Waals surface area contributed by atoms with E-state index in [1.807, 2.05) is 12.1 Å². The Bertz CT molecular complexity index is 432. The highest BCUT2D eigenvalue weighted by Crippen LogP contribution is 2.40. The normalized spacial score (nSPS) is 31.3. The monoisotopic (exact) mass is 227 g/mol. The second-order valence-corrected chi connectivity index (χ2v) is 5.39. The summed E-state index contributed by atoms with van der Waals surface area (Å²) in [6.45, 7) is 2.36. The molecular formula is C14H17N3. The van der Waals surface area contributed by atoms with Crippen LogP contribution in [0, 0.1) is 17.2 Å². The summed E-state index contributed by atoms with van der Waals surface area (Å²) in [7, 11) is 0. The first-order valence-corrected chi connectivity index (χ1v) is 6.42. The van der Waals surface area contributed by atoms with Crippen molar-refractivity contribution >= 4 is 5.82 Å². The van der Waals surface area contributed by atoms with Crippen LogP contribution >= 0.6 is 0 Å². The van der Waals surface area contributed by atoms with Gasteiger partial charge in [-0.3, -0.25) is 0 Å². The molecule has 88 valence electrons. The Kier molecular flexibility index (Phi) is 2.51. The molecule has 2 bridgehead atoms. The Morgan fingerprint density at radius 2 is 2.00 bits per heavy atom. The number of fused-ring (bicyclic) bond motifs is 2. The molecule has 0 amide bonds. The van der Waals surface area contributed by atoms with Gasteiger partial charge in [0.1, 0.15) is 11.9 Å². The lowest BCUT2D eigenvalue weighted by atomic mass is 9.92. The van der Waals surface area contributed by atoms with Crippen molar-refractivity contribution in [2.24, 2.45) is 5.92 Å². The second-order valence-electron chi connectivity index (χ2n) is 5.39. The summed E-state index contributed by atoms with van der Waals surface area (Å²) in [5.74, 6) is 1.91. The predicted molar refractivity (Wildman–Crippen MR) is 66.6 cm³/mol. The molecule has 3 atom stereocenters. The molecule has 1 aromatic heterocycles. The van der Waals surface area contributed by atoms with Gasteiger partial charge in [0.2, 0.25) is 0 Å². The zero-order valence-corrected chi connectivity index (χ0v) is 10.1. The first-order valence-electron chi connectivity index (χ1n) is 6.42. The van der Waals surface area contributed by atoms with Crippen molar-refractivity contribution in [3.63, 3.8) is 0 Å². The SMILES string of the molecule is CC1C[C@H]2CC[C@@H](C1)N2c1ccc(C#N)cn1. The fraction of sp³-hybridized carbons (Fsp3) is 0.571. The number of pyridine rings is 1. The van der Waals surface area contributed by atoms with Crippen LogP contribution in [0.3, 0.4) is 0 Å². The number of aromatic nitrogens is 1. The number of hydrogen-bond acceptors (Lipinski definition) is 3. The van der Waals surface area contributed by atoms with E-state index < -0.39 is 0 Å². The predicted octanol–water partition coefficient (Wildman–Crippen LogP) is 2.72. The van der Waals surface area contributed by atoms with Crippen LogP contribution in [0.4, 0.5) is 5.82 Å². The summed E-state index contributed by atoms with van der Waals surface area (Å²) in [6.07, 6.45) is 6.87. The van der Waals surface area contributed by atoms with Crippen LogP contribution in [0.15, 0.2) is 18.3 Å². The number of hydrogen-bond donors (Lipinski definition) is 0. The number of anilines is 1. The maximum Gasteiger partial charge on any atom is 0.129 e. The largest absolute Gasteiger partial charge is 0.351 e. The van der Waals surface area contributed by atoms with E-state index in [2.05, 4.69) is 22.9 Å². The lowest BCUT2D eigenvalue weighted by molar-refractivity contribution is 0.361. The van der Waals surface area contributed by atoms with Gasteiger partial charge in [0.25, 0.3) is 0 Å². The van der Waals surface area contributed by atoms with E-state index in [0.29, 0.717) is 17.6 Å². The van der Waals surface area contributed by atoms with E-state index in [-0.39, 0.29) is 0 Å². The van der Waals surface area contributed by atoms with E-state index >= 15 is 0 Å². The van der Waals surface area contributed by atoms with Crippen LogP contribution < -0.4 is 4.90 Å². The smallest absolute Gasteiger partial charge is 0.129 e. The van der Waals surface area contributed by atoms with E-state index in [9.17, 15) is 0 Å². The van der Waals surface area contributed by atoms with Crippen LogP contribution in [-0.4, -0.2) is 17.1 Å². The van der Waals surface area contributed by atoms with Gasteiger partial charge in [-0.25, -0.2) is 4.98 Å². The van der Waals surface area contributed by atoms with Crippen LogP contribution in [0.25, 0.3) is 0 Å². The second kappa shape index (κ2) is 4.03. The van der Waals surface area contributed by atoms with Gasteiger partial charge in [0.05, 0.1) is 5.56 Å². The number of nitrogens with zero attached hydrogens (tertiary/aromatic N) is 3. The van der Waals surface area contributed by atoms with Crippen LogP contribution in [0.2, 0.25) is 0 Å². The Hall–Kier alpha value is -1.56. The molecule has 0 N–H and O–H groups in total. The molecule has 3 nitrogen and oxygen atoms in total. The van der Waals surface area contributed by atoms with Gasteiger partial charge in [0.15, 0.2) is 0 Å². The number of rotatable bonds is 1. The maximum atomic E-state index is 8.79. The van der Waals surface area contributed by atoms with Gasteiger partial charge in [0, 0.05) is 18.3 Å². The first-order chi connectivity index (χ1) is 8.28. The van der Waals surface area contributed by atoms with Crippen molar-refractivity contribution in [1.82, 2.24) is 4.98 Å². The average Bonchev–Trinajstić information content (AvgIpc) is 2.62. The molecule has 2 saturated heterocycles. The van der Waals surface area contributed by atoms with Gasteiger partial charge in [-0.1, -0.05) is 6.92 Å². The lowest BCUT2D eigenvalue weighted by Crippen LogP contribution is -2.42. The maximum absolute atomic E-state index is 8.79. The van der Waals surface area contributed by atoms with E-state index in [1.165, 1.54) is 25.7 Å². The standard InChI is InChI=1S/C14H17N3/c1-10-6-12-3-4-13(7-10)17(12)14-5-2-11(8-15)9-16-14/h2,5,9-10,12-13H,3-4,6-7H2,1H3/t10?,12-,13+. The molecule has 1 aromatic rings. The lowest BCUT2D eigenvalue weighted by Gasteiger charge is -2.38. The minimum absolute atomic E-state index is 0.645. The highest BCUT2D eigenvalue weighted by Gasteiger charge is 2.39. The summed E-state index contributed by atoms with van der Waals surface area (Å²) in [6, 6.07) is 7.34. The minimum Gasteiger partial charge on any atom is -0.351 e. The molecule has 3 heterocycles. The molecule has 3 heteroatoms. The van der Waals surface area contributed by atoms with Gasteiger partial charge >= 0.3 is 0 Å². The fourth-order valence-electron chi connectivity index (χ4n) is 3.43. The molecule has 17 heavy (non-hydrogen) atoms. The van der Waals surface area contributed by atoms with Crippen molar-refractivity contribution in [3.05, 3.63) is 23.9 Å². The molecule has 0 saturated carbocycles. The summed E-state index contributed by atoms with van der Waals surface area (Å²) >= 11 is 0. The third-order valence-corrected chi connectivity index (χ3v) is 4.11. The summed E-state index contributed by atoms with van der Waals surface area (Å²) in [5, 5.41) is 8.79. The Balaban J connectivity index is 1.87. The van der Waals surface area contributed by atoms with Gasteiger partial charge in [-0.2, -0.15) is 5.26 Å². The van der Waals surface area contributed by atoms with E-state index in [4.69, 9.17) is 5.26 Å². The highest BCUT2D eigenvalue weighted by molar-refractivity contribution is 5.46. The highest BCUT2D eigenvalue weighted by atomic mass is 15.3. The Labute approximate surface area is 102 Å². The third-order valence-electron chi connectivity index (χ3n) is 4.11. The summed E-state index contributed by atoms with van der Waals surface area (Å²) in [4.78, 5) is 6.93. The van der Waals surface area contributed by atoms with E-state index in [1.54, 1.807) is 6.20 Å². The summed E-state index contributed by atoms with van der Waals surface area (Å²) < 4.78 is 0. The molecule has 2 aliphatic heterocycles. The van der Waals surface area contributed by atoms with Crippen LogP contribution in [-0.2, 0) is 0 Å². The van der Waals surface area contributed by atoms with Crippen molar-refractivity contribution in [1.29, 1.82) is 5.26 Å². The van der Waals surface area contributed by atoms with Crippen molar-refractivity contribution < 1.29 is 0 Å². The third kappa shape index (κ3) is 1.78. The molecule has 2 fully saturated rings. The van der Waals surface area contributed by atoms with E-state index in [0.717, 1.165) is 11.7 Å². The zero-order valence-electron chi connectivity index (χ0n) is 10.1. The molecule has 0 aliphatic carbocycles. The summed E-state index contributed by atoms with van der Waals surface area (Å²) in [5.41, 5.74) is 0.645. The Morgan fingerprint density at radius 1 is 1.29 bits per heavy atom. The molecule has 3 rings (SSSR count). The van der Waals surface area contributed by atoms with Gasteiger partial charge in [-0.05, 0) is 43.7 Å². The first kappa shape index (κ1) is 10.6. The van der Waals surface area contributed by atoms with Crippen molar-refractivity contribution in [2.45, 2.75) is 44.7 Å². The molecular weight excluding hydrogens is 210 g/mol. The fourth-order valence-corrected chi connectivity index (χ4v) is 3.43. The quantitative estimate of drug-likeness (QED) is 0.740. The van der Waals surface area contributed by atoms with Gasteiger partial charge < -0.3 is 4.90 Å². The van der Waals surface area contributed by atoms with Gasteiger partial charge in [-0.15, -0.1) is 0 Å². The zero-order chi connectivity index (χ0) is 11.8. The minimum atomic E-state index is 0.645. The molecule has 2 aliphatic rings. The van der Waals surface area contributed by atoms with Crippen LogP contribution in [0.5, 0.6) is 0 Å². The molecule has 0 radical (unpaired) electrons. The van der Waals surface area contributed by atoms with Crippen molar-refractivity contribution in [2.75, 3.05) is 4.90 Å².